The minimum atomic E-state index is -1.40. The van der Waals surface area contributed by atoms with Crippen LogP contribution in [0, 0.1) is 0 Å². The summed E-state index contributed by atoms with van der Waals surface area (Å²) in [5, 5.41) is 0. The van der Waals surface area contributed by atoms with Crippen molar-refractivity contribution in [3.8, 4) is 0 Å². The Labute approximate surface area is 281 Å². The quantitative estimate of drug-likeness (QED) is 0.196. The Morgan fingerprint density at radius 2 is 1.24 bits per heavy atom. The van der Waals surface area contributed by atoms with Gasteiger partial charge in [-0.2, -0.15) is 0 Å². The topological polar surface area (TPSA) is 149 Å². The minimum absolute atomic E-state index is 0.206. The molecule has 2 saturated heterocycles. The molecule has 2 fully saturated rings. The smallest absolute Gasteiger partial charge is 0.338 e. The van der Waals surface area contributed by atoms with E-state index in [1.54, 1.807) is 91.0 Å². The van der Waals surface area contributed by atoms with E-state index in [0.717, 1.165) is 30.7 Å². The van der Waals surface area contributed by atoms with Gasteiger partial charge in [0, 0.05) is 44.5 Å². The first kappa shape index (κ1) is 33.5. The van der Waals surface area contributed by atoms with Crippen molar-refractivity contribution < 1.29 is 33.3 Å². The maximum Gasteiger partial charge on any atom is 0.338 e. The van der Waals surface area contributed by atoms with Gasteiger partial charge in [0.1, 0.15) is 12.7 Å². The second kappa shape index (κ2) is 15.2. The first-order valence-corrected chi connectivity index (χ1v) is 15.9. The summed E-state index contributed by atoms with van der Waals surface area (Å²) < 4.78 is 24.9. The highest BCUT2D eigenvalue weighted by molar-refractivity contribution is 5.91. The molecule has 0 saturated carbocycles. The number of carbonyl (C=O) groups is 3. The monoisotopic (exact) mass is 668 g/mol. The summed E-state index contributed by atoms with van der Waals surface area (Å²) >= 11 is 0. The Balaban J connectivity index is 1.36. The Kier molecular flexibility index (Phi) is 10.4. The Hall–Kier alpha value is -5.37. The van der Waals surface area contributed by atoms with Crippen LogP contribution in [-0.2, 0) is 25.5 Å². The molecule has 4 aromatic rings. The van der Waals surface area contributed by atoms with Gasteiger partial charge in [0.25, 0.3) is 5.56 Å². The first-order valence-electron chi connectivity index (χ1n) is 15.9. The lowest BCUT2D eigenvalue weighted by Crippen LogP contribution is -2.46. The molecule has 0 aliphatic carbocycles. The summed E-state index contributed by atoms with van der Waals surface area (Å²) in [5.74, 6) is -2.18. The van der Waals surface area contributed by atoms with E-state index in [-0.39, 0.29) is 28.8 Å². The molecule has 2 aliphatic rings. The highest BCUT2D eigenvalue weighted by Gasteiger charge is 2.52. The lowest BCUT2D eigenvalue weighted by Gasteiger charge is -2.32. The van der Waals surface area contributed by atoms with E-state index in [2.05, 4.69) is 14.8 Å². The second-order valence-electron chi connectivity index (χ2n) is 11.9. The van der Waals surface area contributed by atoms with Crippen molar-refractivity contribution in [1.29, 1.82) is 0 Å². The molecular weight excluding hydrogens is 632 g/mol. The van der Waals surface area contributed by atoms with E-state index in [0.29, 0.717) is 0 Å². The standard InChI is InChI=1S/C36H36N4O9/c1-38-17-19-39(20-18-38)21-27-22-40(36(45)37-31(27)41)32-30(49-35(44)26-15-9-4-10-16-26)29(48-34(43)25-13-7-3-8-14-25)28(47-32)23-46-33(42)24-11-5-2-6-12-24/h2-16,22,28-30,32H,17-21,23H2,1H3,(H,37,41,45)/t28-,29-,30+,32+/m1/s1. The minimum Gasteiger partial charge on any atom is -0.459 e. The van der Waals surface area contributed by atoms with Crippen molar-refractivity contribution in [2.75, 3.05) is 39.8 Å². The van der Waals surface area contributed by atoms with E-state index >= 15 is 0 Å². The zero-order chi connectivity index (χ0) is 34.3. The molecule has 0 amide bonds. The van der Waals surface area contributed by atoms with Gasteiger partial charge >= 0.3 is 23.6 Å². The number of nitrogens with one attached hydrogen (secondary N) is 1. The van der Waals surface area contributed by atoms with Crippen LogP contribution in [0.3, 0.4) is 0 Å². The summed E-state index contributed by atoms with van der Waals surface area (Å²) in [6, 6.07) is 24.6. The molecule has 6 rings (SSSR count). The Bertz CT molecular complexity index is 1870. The number of esters is 3. The zero-order valence-electron chi connectivity index (χ0n) is 26.8. The fourth-order valence-electron chi connectivity index (χ4n) is 5.76. The van der Waals surface area contributed by atoms with Crippen LogP contribution in [-0.4, -0.2) is 95.4 Å². The summed E-state index contributed by atoms with van der Waals surface area (Å²) in [4.78, 5) is 72.8. The predicted octanol–water partition coefficient (Wildman–Crippen LogP) is 2.49. The predicted molar refractivity (Wildman–Crippen MR) is 176 cm³/mol. The largest absolute Gasteiger partial charge is 0.459 e. The molecule has 3 aromatic carbocycles. The number of H-pyrrole nitrogens is 1. The number of carbonyl (C=O) groups excluding carboxylic acids is 3. The number of likely N-dealkylation sites (N-methyl/N-ethyl adjacent to an activating group) is 1. The van der Waals surface area contributed by atoms with Gasteiger partial charge in [-0.15, -0.1) is 0 Å². The number of piperazine rings is 1. The number of aromatic nitrogens is 2. The summed E-state index contributed by atoms with van der Waals surface area (Å²) in [6.07, 6.45) is -3.92. The average molecular weight is 669 g/mol. The van der Waals surface area contributed by atoms with Gasteiger partial charge in [-0.3, -0.25) is 19.2 Å². The maximum absolute atomic E-state index is 13.5. The molecule has 3 heterocycles. The molecule has 0 spiro atoms. The van der Waals surface area contributed by atoms with E-state index < -0.39 is 60.3 Å². The number of aromatic amines is 1. The molecule has 2 aliphatic heterocycles. The number of ether oxygens (including phenoxy) is 4. The second-order valence-corrected chi connectivity index (χ2v) is 11.9. The van der Waals surface area contributed by atoms with Crippen molar-refractivity contribution in [2.24, 2.45) is 0 Å². The highest BCUT2D eigenvalue weighted by atomic mass is 16.7. The lowest BCUT2D eigenvalue weighted by atomic mass is 10.1. The molecule has 1 aromatic heterocycles. The van der Waals surface area contributed by atoms with Crippen LogP contribution in [0.15, 0.2) is 107 Å². The molecule has 49 heavy (non-hydrogen) atoms. The number of benzene rings is 3. The fraction of sp³-hybridized carbons (Fsp3) is 0.306. The highest BCUT2D eigenvalue weighted by Crippen LogP contribution is 2.35. The maximum atomic E-state index is 13.5. The van der Waals surface area contributed by atoms with Crippen molar-refractivity contribution >= 4 is 17.9 Å². The van der Waals surface area contributed by atoms with Crippen molar-refractivity contribution in [3.63, 3.8) is 0 Å². The van der Waals surface area contributed by atoms with Gasteiger partial charge in [-0.25, -0.2) is 19.2 Å². The van der Waals surface area contributed by atoms with Crippen LogP contribution in [0.4, 0.5) is 0 Å². The molecule has 0 unspecified atom stereocenters. The van der Waals surface area contributed by atoms with Crippen molar-refractivity contribution in [3.05, 3.63) is 140 Å². The van der Waals surface area contributed by atoms with Gasteiger partial charge in [0.2, 0.25) is 0 Å². The lowest BCUT2D eigenvalue weighted by molar-refractivity contribution is -0.0641. The van der Waals surface area contributed by atoms with E-state index in [1.807, 2.05) is 7.05 Å². The van der Waals surface area contributed by atoms with Gasteiger partial charge in [-0.05, 0) is 43.4 Å². The van der Waals surface area contributed by atoms with Gasteiger partial charge in [0.15, 0.2) is 18.4 Å². The van der Waals surface area contributed by atoms with Crippen molar-refractivity contribution in [1.82, 2.24) is 19.4 Å². The molecule has 254 valence electrons. The molecular formula is C36H36N4O9. The summed E-state index contributed by atoms with van der Waals surface area (Å²) in [5.41, 5.74) is -0.387. The number of hydrogen-bond acceptors (Lipinski definition) is 11. The zero-order valence-corrected chi connectivity index (χ0v) is 26.8. The van der Waals surface area contributed by atoms with Gasteiger partial charge in [-0.1, -0.05) is 54.6 Å². The average Bonchev–Trinajstić information content (AvgIpc) is 3.45. The molecule has 13 heteroatoms. The third-order valence-electron chi connectivity index (χ3n) is 8.48. The Morgan fingerprint density at radius 1 is 0.735 bits per heavy atom. The molecule has 0 radical (unpaired) electrons. The van der Waals surface area contributed by atoms with E-state index in [4.69, 9.17) is 18.9 Å². The Morgan fingerprint density at radius 3 is 1.80 bits per heavy atom. The number of hydrogen-bond donors (Lipinski definition) is 1. The number of rotatable bonds is 10. The van der Waals surface area contributed by atoms with Crippen LogP contribution in [0.2, 0.25) is 0 Å². The molecule has 1 N–H and O–H groups in total. The van der Waals surface area contributed by atoms with Crippen LogP contribution in [0.1, 0.15) is 42.9 Å². The summed E-state index contributed by atoms with van der Waals surface area (Å²) in [7, 11) is 2.02. The van der Waals surface area contributed by atoms with Gasteiger partial charge < -0.3 is 23.8 Å². The molecule has 4 atom stereocenters. The van der Waals surface area contributed by atoms with Crippen LogP contribution in [0.25, 0.3) is 0 Å². The molecule has 0 bridgehead atoms. The third-order valence-corrected chi connectivity index (χ3v) is 8.48. The van der Waals surface area contributed by atoms with E-state index in [1.165, 1.54) is 6.20 Å². The van der Waals surface area contributed by atoms with Gasteiger partial charge in [0.05, 0.1) is 16.7 Å². The fourth-order valence-corrected chi connectivity index (χ4v) is 5.76. The van der Waals surface area contributed by atoms with Crippen molar-refractivity contribution in [2.45, 2.75) is 31.1 Å². The number of nitrogens with zero attached hydrogens (tertiary/aromatic N) is 3. The first-order chi connectivity index (χ1) is 23.8. The summed E-state index contributed by atoms with van der Waals surface area (Å²) in [6.45, 7) is 2.92. The van der Waals surface area contributed by atoms with Crippen LogP contribution < -0.4 is 11.2 Å². The van der Waals surface area contributed by atoms with Crippen LogP contribution in [0.5, 0.6) is 0 Å². The SMILES string of the molecule is CN1CCN(Cc2cn([C@H]3O[C@H](COC(=O)c4ccccc4)[C@@H](OC(=O)c4ccccc4)[C@@H]3OC(=O)c3ccccc3)c(=O)[nH]c2=O)CC1. The van der Waals surface area contributed by atoms with Crippen LogP contribution >= 0.6 is 0 Å². The molecule has 13 nitrogen and oxygen atoms in total. The normalized spacial score (nSPS) is 21.2. The van der Waals surface area contributed by atoms with E-state index in [9.17, 15) is 24.0 Å². The third kappa shape index (κ3) is 8.03.